The van der Waals surface area contributed by atoms with Crippen LogP contribution in [0.3, 0.4) is 0 Å². The van der Waals surface area contributed by atoms with Crippen molar-refractivity contribution in [1.82, 2.24) is 9.80 Å². The minimum absolute atomic E-state index is 0.0253. The van der Waals surface area contributed by atoms with Crippen molar-refractivity contribution in [3.63, 3.8) is 0 Å². The molecule has 1 heterocycles. The number of para-hydroxylation sites is 1. The molecule has 2 unspecified atom stereocenters. The molecule has 21 heavy (non-hydrogen) atoms. The molecule has 2 atom stereocenters. The van der Waals surface area contributed by atoms with Gasteiger partial charge >= 0.3 is 0 Å². The lowest BCUT2D eigenvalue weighted by Crippen LogP contribution is -2.43. The highest BCUT2D eigenvalue weighted by molar-refractivity contribution is 6.32. The van der Waals surface area contributed by atoms with Crippen LogP contribution < -0.4 is 4.74 Å². The summed E-state index contributed by atoms with van der Waals surface area (Å²) in [6.45, 7) is 1.03. The van der Waals surface area contributed by atoms with E-state index in [1.54, 1.807) is 29.2 Å². The van der Waals surface area contributed by atoms with E-state index in [-0.39, 0.29) is 18.6 Å². The van der Waals surface area contributed by atoms with Crippen LogP contribution in [0.2, 0.25) is 5.02 Å². The van der Waals surface area contributed by atoms with Crippen LogP contribution in [0.15, 0.2) is 24.3 Å². The minimum Gasteiger partial charge on any atom is -0.482 e. The zero-order chi connectivity index (χ0) is 15.4. The average Bonchev–Trinajstić information content (AvgIpc) is 2.77. The first-order chi connectivity index (χ1) is 9.97. The number of hydrogen-bond acceptors (Lipinski definition) is 4. The summed E-state index contributed by atoms with van der Waals surface area (Å²) in [5.41, 5.74) is 0. The molecule has 1 amide bonds. The third kappa shape index (κ3) is 4.33. The summed E-state index contributed by atoms with van der Waals surface area (Å²) in [7, 11) is 3.90. The number of β-amino-alcohol motifs (C(OH)–C–C–N with tert-alkyl or cyclic N) is 1. The van der Waals surface area contributed by atoms with Gasteiger partial charge in [0.05, 0.1) is 11.1 Å². The van der Waals surface area contributed by atoms with E-state index in [2.05, 4.69) is 0 Å². The number of halogens is 1. The van der Waals surface area contributed by atoms with Crippen molar-refractivity contribution in [2.75, 3.05) is 33.8 Å². The SMILES string of the molecule is CN(C)CC1CC(O)CN1C(=O)COc1ccccc1Cl. The molecule has 5 nitrogen and oxygen atoms in total. The van der Waals surface area contributed by atoms with Crippen molar-refractivity contribution in [1.29, 1.82) is 0 Å². The Hall–Kier alpha value is -1.30. The van der Waals surface area contributed by atoms with Crippen LogP contribution in [0.25, 0.3) is 0 Å². The number of nitrogens with zero attached hydrogens (tertiary/aromatic N) is 2. The van der Waals surface area contributed by atoms with Crippen LogP contribution in [-0.2, 0) is 4.79 Å². The number of carbonyl (C=O) groups excluding carboxylic acids is 1. The predicted molar refractivity (Wildman–Crippen MR) is 81.6 cm³/mol. The fraction of sp³-hybridized carbons (Fsp3) is 0.533. The van der Waals surface area contributed by atoms with E-state index < -0.39 is 6.10 Å². The second-order valence-corrected chi connectivity index (χ2v) is 5.98. The first kappa shape index (κ1) is 16.1. The summed E-state index contributed by atoms with van der Waals surface area (Å²) >= 11 is 5.99. The van der Waals surface area contributed by atoms with E-state index in [1.165, 1.54) is 0 Å². The molecule has 6 heteroatoms. The molecule has 1 fully saturated rings. The molecule has 0 radical (unpaired) electrons. The van der Waals surface area contributed by atoms with Crippen molar-refractivity contribution < 1.29 is 14.6 Å². The Bertz CT molecular complexity index is 496. The van der Waals surface area contributed by atoms with Crippen LogP contribution >= 0.6 is 11.6 Å². The molecule has 1 aromatic rings. The van der Waals surface area contributed by atoms with Gasteiger partial charge in [0.2, 0.25) is 0 Å². The van der Waals surface area contributed by atoms with Crippen LogP contribution in [0.4, 0.5) is 0 Å². The molecule has 1 aliphatic heterocycles. The second kappa shape index (κ2) is 7.11. The molecule has 0 bridgehead atoms. The van der Waals surface area contributed by atoms with Crippen LogP contribution in [-0.4, -0.2) is 66.8 Å². The smallest absolute Gasteiger partial charge is 0.260 e. The first-order valence-electron chi connectivity index (χ1n) is 6.97. The van der Waals surface area contributed by atoms with Crippen LogP contribution in [0, 0.1) is 0 Å². The van der Waals surface area contributed by atoms with Crippen molar-refractivity contribution in [2.24, 2.45) is 0 Å². The molecule has 1 aliphatic rings. The molecule has 0 aromatic heterocycles. The van der Waals surface area contributed by atoms with E-state index in [1.807, 2.05) is 19.0 Å². The second-order valence-electron chi connectivity index (χ2n) is 5.57. The monoisotopic (exact) mass is 312 g/mol. The summed E-state index contributed by atoms with van der Waals surface area (Å²) < 4.78 is 5.48. The zero-order valence-electron chi connectivity index (χ0n) is 12.3. The largest absolute Gasteiger partial charge is 0.482 e. The normalized spacial score (nSPS) is 21.9. The number of carbonyl (C=O) groups is 1. The number of likely N-dealkylation sites (tertiary alicyclic amines) is 1. The fourth-order valence-corrected chi connectivity index (χ4v) is 2.77. The molecule has 116 valence electrons. The molecule has 2 rings (SSSR count). The van der Waals surface area contributed by atoms with Gasteiger partial charge in [0, 0.05) is 19.1 Å². The van der Waals surface area contributed by atoms with Gasteiger partial charge in [-0.15, -0.1) is 0 Å². The summed E-state index contributed by atoms with van der Waals surface area (Å²) in [5, 5.41) is 10.3. The summed E-state index contributed by atoms with van der Waals surface area (Å²) in [6, 6.07) is 7.08. The van der Waals surface area contributed by atoms with Gasteiger partial charge in [0.15, 0.2) is 6.61 Å². The number of amides is 1. The molecule has 0 saturated carbocycles. The Labute approximate surface area is 130 Å². The number of aliphatic hydroxyl groups is 1. The van der Waals surface area contributed by atoms with Gasteiger partial charge in [-0.25, -0.2) is 0 Å². The number of aliphatic hydroxyl groups excluding tert-OH is 1. The Morgan fingerprint density at radius 1 is 1.48 bits per heavy atom. The minimum atomic E-state index is -0.459. The van der Waals surface area contributed by atoms with E-state index in [9.17, 15) is 9.90 Å². The lowest BCUT2D eigenvalue weighted by Gasteiger charge is -2.26. The lowest BCUT2D eigenvalue weighted by molar-refractivity contribution is -0.134. The van der Waals surface area contributed by atoms with Gasteiger partial charge in [-0.05, 0) is 32.6 Å². The molecular formula is C15H21ClN2O3. The predicted octanol–water partition coefficient (Wildman–Crippen LogP) is 1.24. The van der Waals surface area contributed by atoms with Gasteiger partial charge in [-0.3, -0.25) is 4.79 Å². The number of rotatable bonds is 5. The van der Waals surface area contributed by atoms with Gasteiger partial charge in [0.25, 0.3) is 5.91 Å². The third-order valence-corrected chi connectivity index (χ3v) is 3.79. The summed E-state index contributed by atoms with van der Waals surface area (Å²) in [4.78, 5) is 16.0. The van der Waals surface area contributed by atoms with Gasteiger partial charge in [-0.2, -0.15) is 0 Å². The van der Waals surface area contributed by atoms with Crippen molar-refractivity contribution in [2.45, 2.75) is 18.6 Å². The van der Waals surface area contributed by atoms with E-state index >= 15 is 0 Å². The Morgan fingerprint density at radius 2 is 2.19 bits per heavy atom. The van der Waals surface area contributed by atoms with Crippen molar-refractivity contribution >= 4 is 17.5 Å². The Balaban J connectivity index is 1.94. The first-order valence-corrected chi connectivity index (χ1v) is 7.34. The maximum atomic E-state index is 12.3. The van der Waals surface area contributed by atoms with Crippen LogP contribution in [0.5, 0.6) is 5.75 Å². The average molecular weight is 313 g/mol. The number of likely N-dealkylation sites (N-methyl/N-ethyl adjacent to an activating group) is 1. The highest BCUT2D eigenvalue weighted by Crippen LogP contribution is 2.24. The Kier molecular flexibility index (Phi) is 5.45. The Morgan fingerprint density at radius 3 is 2.86 bits per heavy atom. The maximum absolute atomic E-state index is 12.3. The molecule has 1 saturated heterocycles. The van der Waals surface area contributed by atoms with Crippen molar-refractivity contribution in [3.8, 4) is 5.75 Å². The van der Waals surface area contributed by atoms with E-state index in [0.29, 0.717) is 23.7 Å². The van der Waals surface area contributed by atoms with E-state index in [4.69, 9.17) is 16.3 Å². The summed E-state index contributed by atoms with van der Waals surface area (Å²) in [5.74, 6) is 0.370. The molecule has 0 aliphatic carbocycles. The number of benzene rings is 1. The summed E-state index contributed by atoms with van der Waals surface area (Å²) in [6.07, 6.45) is 0.148. The lowest BCUT2D eigenvalue weighted by atomic mass is 10.2. The topological polar surface area (TPSA) is 53.0 Å². The van der Waals surface area contributed by atoms with E-state index in [0.717, 1.165) is 6.54 Å². The third-order valence-electron chi connectivity index (χ3n) is 3.48. The fourth-order valence-electron chi connectivity index (χ4n) is 2.58. The zero-order valence-corrected chi connectivity index (χ0v) is 13.1. The molecule has 1 N–H and O–H groups in total. The highest BCUT2D eigenvalue weighted by atomic mass is 35.5. The van der Waals surface area contributed by atoms with Gasteiger partial charge in [-0.1, -0.05) is 23.7 Å². The molecule has 1 aromatic carbocycles. The van der Waals surface area contributed by atoms with Crippen molar-refractivity contribution in [3.05, 3.63) is 29.3 Å². The number of hydrogen-bond donors (Lipinski definition) is 1. The van der Waals surface area contributed by atoms with Gasteiger partial charge in [0.1, 0.15) is 5.75 Å². The standard InChI is InChI=1S/C15H21ClN2O3/c1-17(2)8-11-7-12(19)9-18(11)15(20)10-21-14-6-4-3-5-13(14)16/h3-6,11-12,19H,7-10H2,1-2H3. The molecular weight excluding hydrogens is 292 g/mol. The number of ether oxygens (including phenoxy) is 1. The molecule has 0 spiro atoms. The highest BCUT2D eigenvalue weighted by Gasteiger charge is 2.34. The van der Waals surface area contributed by atoms with Crippen LogP contribution in [0.1, 0.15) is 6.42 Å². The quantitative estimate of drug-likeness (QED) is 0.889. The van der Waals surface area contributed by atoms with Gasteiger partial charge < -0.3 is 19.6 Å². The maximum Gasteiger partial charge on any atom is 0.260 e.